The Balaban J connectivity index is 2.54. The summed E-state index contributed by atoms with van der Waals surface area (Å²) >= 11 is 0. The van der Waals surface area contributed by atoms with Crippen molar-refractivity contribution in [2.24, 2.45) is 0 Å². The molecule has 0 fully saturated rings. The van der Waals surface area contributed by atoms with Crippen LogP contribution < -0.4 is 16.0 Å². The quantitative estimate of drug-likeness (QED) is 0.488. The number of nitrogens with zero attached hydrogens (tertiary/aromatic N) is 1. The number of alkyl carbamates (subject to hydrolysis) is 1. The van der Waals surface area contributed by atoms with E-state index in [0.717, 1.165) is 0 Å². The van der Waals surface area contributed by atoms with Gasteiger partial charge in [0.25, 0.3) is 5.91 Å². The van der Waals surface area contributed by atoms with Crippen LogP contribution in [0.2, 0.25) is 0 Å². The van der Waals surface area contributed by atoms with Gasteiger partial charge in [0.15, 0.2) is 5.54 Å². The number of carbonyl (C=O) groups excluding carboxylic acids is 4. The number of aromatic nitrogens is 1. The second kappa shape index (κ2) is 11.0. The minimum atomic E-state index is -1.78. The molecule has 0 spiro atoms. The first-order valence-electron chi connectivity index (χ1n) is 11.0. The maximum absolute atomic E-state index is 13.7. The first-order chi connectivity index (χ1) is 16.3. The maximum Gasteiger partial charge on any atom is 0.408 e. The second-order valence-electron chi connectivity index (χ2n) is 9.32. The summed E-state index contributed by atoms with van der Waals surface area (Å²) in [6.45, 7) is 7.66. The fourth-order valence-corrected chi connectivity index (χ4v) is 3.20. The molecule has 0 aliphatic carbocycles. The van der Waals surface area contributed by atoms with Crippen LogP contribution in [0.4, 0.5) is 4.79 Å². The van der Waals surface area contributed by atoms with Crippen LogP contribution in [-0.4, -0.2) is 53.7 Å². The lowest BCUT2D eigenvalue weighted by atomic mass is 9.81. The Morgan fingerprint density at radius 1 is 0.857 bits per heavy atom. The molecule has 0 saturated carbocycles. The summed E-state index contributed by atoms with van der Waals surface area (Å²) < 4.78 is 9.91. The van der Waals surface area contributed by atoms with Gasteiger partial charge in [-0.05, 0) is 46.2 Å². The molecule has 0 aliphatic heterocycles. The highest BCUT2D eigenvalue weighted by atomic mass is 16.6. The van der Waals surface area contributed by atoms with Crippen LogP contribution in [-0.2, 0) is 29.4 Å². The third-order valence-electron chi connectivity index (χ3n) is 4.95. The number of hydrogen-bond donors (Lipinski definition) is 3. The van der Waals surface area contributed by atoms with Crippen molar-refractivity contribution in [3.63, 3.8) is 0 Å². The number of amides is 3. The van der Waals surface area contributed by atoms with Crippen molar-refractivity contribution in [2.45, 2.75) is 51.3 Å². The number of pyridine rings is 1. The predicted molar refractivity (Wildman–Crippen MR) is 128 cm³/mol. The molecule has 1 aromatic heterocycles. The van der Waals surface area contributed by atoms with Crippen LogP contribution in [0.5, 0.6) is 0 Å². The van der Waals surface area contributed by atoms with E-state index in [1.807, 2.05) is 0 Å². The van der Waals surface area contributed by atoms with E-state index in [2.05, 4.69) is 25.7 Å². The van der Waals surface area contributed by atoms with E-state index < -0.39 is 47.1 Å². The van der Waals surface area contributed by atoms with Gasteiger partial charge in [0.1, 0.15) is 17.7 Å². The molecule has 0 saturated heterocycles. The van der Waals surface area contributed by atoms with Gasteiger partial charge in [0.2, 0.25) is 5.91 Å². The third kappa shape index (κ3) is 7.02. The normalized spacial score (nSPS) is 13.1. The molecular weight excluding hydrogens is 452 g/mol. The minimum absolute atomic E-state index is 0.343. The van der Waals surface area contributed by atoms with Gasteiger partial charge in [-0.1, -0.05) is 36.4 Å². The molecule has 188 valence electrons. The molecule has 3 N–H and O–H groups in total. The number of hydrogen-bond acceptors (Lipinski definition) is 7. The predicted octanol–water partition coefficient (Wildman–Crippen LogP) is 2.03. The Kier molecular flexibility index (Phi) is 8.57. The zero-order chi connectivity index (χ0) is 26.3. The number of ether oxygens (including phenoxy) is 2. The molecule has 3 amide bonds. The molecule has 0 radical (unpaired) electrons. The lowest BCUT2D eigenvalue weighted by Gasteiger charge is -2.37. The summed E-state index contributed by atoms with van der Waals surface area (Å²) in [5, 5.41) is 7.87. The fourth-order valence-electron chi connectivity index (χ4n) is 3.20. The van der Waals surface area contributed by atoms with Crippen molar-refractivity contribution in [1.82, 2.24) is 20.9 Å². The number of esters is 1. The minimum Gasteiger partial charge on any atom is -0.468 e. The van der Waals surface area contributed by atoms with Gasteiger partial charge in [-0.25, -0.2) is 4.79 Å². The van der Waals surface area contributed by atoms with Gasteiger partial charge in [-0.15, -0.1) is 0 Å². The molecule has 1 atom stereocenters. The van der Waals surface area contributed by atoms with Crippen LogP contribution in [0.25, 0.3) is 0 Å². The van der Waals surface area contributed by atoms with Crippen LogP contribution in [0, 0.1) is 0 Å². The molecule has 35 heavy (non-hydrogen) atoms. The summed E-state index contributed by atoms with van der Waals surface area (Å²) in [5.41, 5.74) is -3.28. The van der Waals surface area contributed by atoms with Crippen molar-refractivity contribution < 1.29 is 28.7 Å². The van der Waals surface area contributed by atoms with Gasteiger partial charge in [0.05, 0.1) is 7.11 Å². The molecule has 1 aromatic carbocycles. The highest BCUT2D eigenvalue weighted by molar-refractivity contribution is 5.99. The van der Waals surface area contributed by atoms with Gasteiger partial charge in [-0.2, -0.15) is 0 Å². The van der Waals surface area contributed by atoms with Crippen LogP contribution in [0.1, 0.15) is 45.7 Å². The number of rotatable bonds is 8. The summed E-state index contributed by atoms with van der Waals surface area (Å²) in [7, 11) is 1.20. The van der Waals surface area contributed by atoms with Crippen molar-refractivity contribution >= 4 is 23.9 Å². The van der Waals surface area contributed by atoms with Crippen molar-refractivity contribution in [1.29, 1.82) is 0 Å². The van der Waals surface area contributed by atoms with Gasteiger partial charge >= 0.3 is 12.1 Å². The van der Waals surface area contributed by atoms with Crippen LogP contribution >= 0.6 is 0 Å². The largest absolute Gasteiger partial charge is 0.468 e. The van der Waals surface area contributed by atoms with E-state index in [9.17, 15) is 19.2 Å². The molecule has 0 bridgehead atoms. The molecular formula is C25H32N4O6. The standard InChI is InChI=1S/C25H32N4O6/c1-23(2,3)35-22(33)29-24(4,5)20(31)28-25(17-11-8-7-9-12-17,18-13-10-14-26-15-18)21(32)27-16-19(30)34-6/h7-15H,16H2,1-6H3,(H,27,32)(H,28,31)(H,29,33)/t25-/m1/s1. The zero-order valence-electron chi connectivity index (χ0n) is 20.8. The highest BCUT2D eigenvalue weighted by Gasteiger charge is 2.47. The molecule has 2 aromatic rings. The molecule has 2 rings (SSSR count). The average molecular weight is 485 g/mol. The number of methoxy groups -OCH3 is 1. The van der Waals surface area contributed by atoms with E-state index in [1.54, 1.807) is 63.2 Å². The molecule has 10 heteroatoms. The van der Waals surface area contributed by atoms with Gasteiger partial charge < -0.3 is 25.4 Å². The Hall–Kier alpha value is -3.95. The molecule has 0 aliphatic rings. The lowest BCUT2D eigenvalue weighted by molar-refractivity contribution is -0.142. The van der Waals surface area contributed by atoms with E-state index in [1.165, 1.54) is 33.4 Å². The first kappa shape index (κ1) is 27.3. The SMILES string of the molecule is COC(=O)CNC(=O)[C@@](NC(=O)C(C)(C)NC(=O)OC(C)(C)C)(c1ccccc1)c1cccnc1. The Bertz CT molecular complexity index is 1010. The van der Waals surface area contributed by atoms with E-state index in [4.69, 9.17) is 4.74 Å². The number of benzene rings is 1. The van der Waals surface area contributed by atoms with Crippen molar-refractivity contribution in [3.8, 4) is 0 Å². The Morgan fingerprint density at radius 2 is 1.49 bits per heavy atom. The first-order valence-corrected chi connectivity index (χ1v) is 11.0. The monoisotopic (exact) mass is 484 g/mol. The number of nitrogens with one attached hydrogen (secondary N) is 3. The van der Waals surface area contributed by atoms with Crippen molar-refractivity contribution in [2.75, 3.05) is 13.7 Å². The van der Waals surface area contributed by atoms with Gasteiger partial charge in [-0.3, -0.25) is 19.4 Å². The van der Waals surface area contributed by atoms with E-state index in [-0.39, 0.29) is 0 Å². The summed E-state index contributed by atoms with van der Waals surface area (Å²) in [6.07, 6.45) is 2.18. The molecule has 10 nitrogen and oxygen atoms in total. The third-order valence-corrected chi connectivity index (χ3v) is 4.95. The second-order valence-corrected chi connectivity index (χ2v) is 9.32. The van der Waals surface area contributed by atoms with Gasteiger partial charge in [0, 0.05) is 18.0 Å². The fraction of sp³-hybridized carbons (Fsp3) is 0.400. The Morgan fingerprint density at radius 3 is 2.03 bits per heavy atom. The zero-order valence-corrected chi connectivity index (χ0v) is 20.8. The topological polar surface area (TPSA) is 136 Å². The van der Waals surface area contributed by atoms with Crippen molar-refractivity contribution in [3.05, 3.63) is 66.0 Å². The summed E-state index contributed by atoms with van der Waals surface area (Å²) in [5.74, 6) is -2.03. The molecule has 1 heterocycles. The highest BCUT2D eigenvalue weighted by Crippen LogP contribution is 2.31. The van der Waals surface area contributed by atoms with E-state index >= 15 is 0 Å². The number of carbonyl (C=O) groups is 4. The lowest BCUT2D eigenvalue weighted by Crippen LogP contribution is -2.64. The van der Waals surface area contributed by atoms with Crippen LogP contribution in [0.15, 0.2) is 54.9 Å². The summed E-state index contributed by atoms with van der Waals surface area (Å²) in [4.78, 5) is 55.5. The maximum atomic E-state index is 13.7. The van der Waals surface area contributed by atoms with E-state index in [0.29, 0.717) is 11.1 Å². The Labute approximate surface area is 204 Å². The smallest absolute Gasteiger partial charge is 0.408 e. The summed E-state index contributed by atoms with van der Waals surface area (Å²) in [6, 6.07) is 11.8. The average Bonchev–Trinajstić information content (AvgIpc) is 2.80. The van der Waals surface area contributed by atoms with Crippen LogP contribution in [0.3, 0.4) is 0 Å². The molecule has 0 unspecified atom stereocenters.